The molecule has 6 aliphatic rings. The lowest BCUT2D eigenvalue weighted by molar-refractivity contribution is -0.386. The van der Waals surface area contributed by atoms with E-state index >= 15 is 0 Å². The SMILES string of the molecule is O=C(O)C1O[C@@H](O[C@H]2[C@@H](O)[C@H](O)[C@H](O)O[C@@H]2C(=O)O)[C@@H](O)[C@H](O)[C@@H]1O[C@@H]1O[C@@H](C(=O)O)[C@@H](O[C@@H]2O[C@@H](C(=O)O)[C@@H](O[C@@H]3O[C@@H](C(=O)O)[C@@H](O[C@@H]4O[C@@H](C(=O)O)[C@@H](O)[C@H](O)[C@H]4O)[C@H](O)[C@H]3O)[C@H](O)[C@H]2O)[C@@H](O)[C@@H]1O. The lowest BCUT2D eigenvalue weighted by Crippen LogP contribution is -2.69. The second kappa shape index (κ2) is 23.0. The first kappa shape index (κ1) is 58.1. The molecule has 0 aromatic rings. The number of carboxylic acids is 6. The summed E-state index contributed by atoms with van der Waals surface area (Å²) in [5.41, 5.74) is 0. The molecule has 73 heavy (non-hydrogen) atoms. The average Bonchev–Trinajstić information content (AvgIpc) is 3.31. The van der Waals surface area contributed by atoms with E-state index in [0.717, 1.165) is 0 Å². The van der Waals surface area contributed by atoms with Crippen molar-refractivity contribution in [3.63, 3.8) is 0 Å². The van der Waals surface area contributed by atoms with E-state index in [1.165, 1.54) is 0 Å². The van der Waals surface area contributed by atoms with Gasteiger partial charge in [-0.15, -0.1) is 0 Å². The van der Waals surface area contributed by atoms with Crippen LogP contribution < -0.4 is 0 Å². The van der Waals surface area contributed by atoms with Crippen molar-refractivity contribution in [2.75, 3.05) is 0 Å². The Hall–Kier alpha value is -4.18. The monoisotopic (exact) mass is 1070 g/mol. The molecular formula is C36H50O37. The second-order valence-electron chi connectivity index (χ2n) is 17.0. The molecule has 0 aliphatic carbocycles. The quantitative estimate of drug-likeness (QED) is 0.0682. The van der Waals surface area contributed by atoms with Gasteiger partial charge in [0.15, 0.2) is 74.4 Å². The van der Waals surface area contributed by atoms with Crippen LogP contribution in [-0.2, 0) is 80.9 Å². The van der Waals surface area contributed by atoms with Crippen LogP contribution in [0, 0.1) is 0 Å². The maximum atomic E-state index is 12.5. The van der Waals surface area contributed by atoms with Gasteiger partial charge in [0.1, 0.15) is 110 Å². The first-order valence-corrected chi connectivity index (χ1v) is 21.1. The smallest absolute Gasteiger partial charge is 0.335 e. The van der Waals surface area contributed by atoms with Crippen molar-refractivity contribution >= 4 is 35.8 Å². The maximum absolute atomic E-state index is 12.5. The second-order valence-corrected chi connectivity index (χ2v) is 17.0. The molecule has 1 unspecified atom stereocenters. The van der Waals surface area contributed by atoms with Crippen LogP contribution in [0.25, 0.3) is 0 Å². The van der Waals surface area contributed by atoms with Crippen molar-refractivity contribution in [3.8, 4) is 0 Å². The lowest BCUT2D eigenvalue weighted by atomic mass is 9.95. The van der Waals surface area contributed by atoms with E-state index in [0.29, 0.717) is 0 Å². The highest BCUT2D eigenvalue weighted by atomic mass is 16.8. The summed E-state index contributed by atoms with van der Waals surface area (Å²) in [6, 6.07) is 0. The predicted octanol–water partition coefficient (Wildman–Crippen LogP) is -13.5. The van der Waals surface area contributed by atoms with Gasteiger partial charge in [0, 0.05) is 0 Å². The fourth-order valence-corrected chi connectivity index (χ4v) is 8.34. The van der Waals surface area contributed by atoms with Gasteiger partial charge in [-0.3, -0.25) is 0 Å². The zero-order valence-electron chi connectivity index (χ0n) is 36.2. The average molecular weight is 1070 g/mol. The maximum Gasteiger partial charge on any atom is 0.335 e. The first-order valence-electron chi connectivity index (χ1n) is 21.1. The number of hydrogen-bond donors (Lipinski definition) is 20. The summed E-state index contributed by atoms with van der Waals surface area (Å²) in [6.07, 6.45) is -73.7. The van der Waals surface area contributed by atoms with E-state index in [2.05, 4.69) is 4.74 Å². The summed E-state index contributed by atoms with van der Waals surface area (Å²) in [7, 11) is 0. The largest absolute Gasteiger partial charge is 0.479 e. The van der Waals surface area contributed by atoms with Crippen LogP contribution in [0.3, 0.4) is 0 Å². The van der Waals surface area contributed by atoms with Crippen molar-refractivity contribution in [2.24, 2.45) is 0 Å². The number of rotatable bonds is 16. The fraction of sp³-hybridized carbons (Fsp3) is 0.833. The van der Waals surface area contributed by atoms with Gasteiger partial charge in [-0.25, -0.2) is 28.8 Å². The summed E-state index contributed by atoms with van der Waals surface area (Å²) in [5.74, 6) is -12.2. The van der Waals surface area contributed by atoms with Crippen LogP contribution in [0.5, 0.6) is 0 Å². The minimum Gasteiger partial charge on any atom is -0.479 e. The molecule has 0 aromatic heterocycles. The Labute approximate surface area is 403 Å². The molecule has 6 rings (SSSR count). The minimum absolute atomic E-state index is 1.90. The molecule has 6 saturated heterocycles. The molecule has 0 amide bonds. The number of aliphatic hydroxyl groups excluding tert-OH is 14. The first-order chi connectivity index (χ1) is 34.0. The fourth-order valence-electron chi connectivity index (χ4n) is 8.34. The van der Waals surface area contributed by atoms with Crippen molar-refractivity contribution in [2.45, 2.75) is 184 Å². The van der Waals surface area contributed by atoms with Crippen LogP contribution in [-0.4, -0.2) is 322 Å². The van der Waals surface area contributed by atoms with E-state index < -0.39 is 220 Å². The zero-order valence-corrected chi connectivity index (χ0v) is 36.2. The van der Waals surface area contributed by atoms with Crippen molar-refractivity contribution in [3.05, 3.63) is 0 Å². The molecule has 37 nitrogen and oxygen atoms in total. The van der Waals surface area contributed by atoms with Crippen molar-refractivity contribution < 1.29 is 183 Å². The molecule has 6 fully saturated rings. The Bertz CT molecular complexity index is 1990. The lowest BCUT2D eigenvalue weighted by Gasteiger charge is -2.48. The van der Waals surface area contributed by atoms with Crippen molar-refractivity contribution in [1.82, 2.24) is 0 Å². The number of carboxylic acid groups (broad SMARTS) is 6. The van der Waals surface area contributed by atoms with Crippen LogP contribution in [0.15, 0.2) is 0 Å². The third-order valence-corrected chi connectivity index (χ3v) is 12.2. The number of carbonyl (C=O) groups is 6. The molecule has 0 bridgehead atoms. The standard InChI is InChI=1S/C36H50O37/c37-1-2(38)19(25(50)51)69-32(9(1)45)65-15-4(40)11(47)34(71-21(15)27(54)55)67-17-6(42)13(49)36(73-23(17)29(58)59)68-18-7(43)12(48)35(72-24(18)30(60)61)66-16-5(41)10(46)33(70-22(16)28(56)57)64-14-3(39)8(44)31(62)63-20(14)26(52)53/h1-24,31-49,62H,(H,50,51)(H,52,53)(H,54,55)(H,56,57)(H,58,59)(H,60,61)/t1-,2-,3-,4+,5-,6+,7-,8-,9+,10-,11+,12-,13+,14-,15-,16-,17-,18-,19+,20-,21+,22?,23+,24+,31+,32+,33+,34+,35+,36+/m0/s1. The number of ether oxygens (including phenoxy) is 11. The van der Waals surface area contributed by atoms with E-state index in [1.54, 1.807) is 0 Å². The van der Waals surface area contributed by atoms with Crippen molar-refractivity contribution in [1.29, 1.82) is 0 Å². The predicted molar refractivity (Wildman–Crippen MR) is 202 cm³/mol. The number of hydrogen-bond acceptors (Lipinski definition) is 31. The van der Waals surface area contributed by atoms with Gasteiger partial charge in [0.05, 0.1) is 0 Å². The highest BCUT2D eigenvalue weighted by molar-refractivity contribution is 5.76. The summed E-state index contributed by atoms with van der Waals surface area (Å²) < 4.78 is 56.5. The summed E-state index contributed by atoms with van der Waals surface area (Å²) >= 11 is 0. The van der Waals surface area contributed by atoms with E-state index in [4.69, 9.17) is 47.4 Å². The van der Waals surface area contributed by atoms with Gasteiger partial charge in [0.2, 0.25) is 0 Å². The molecule has 0 spiro atoms. The normalized spacial score (nSPS) is 49.6. The summed E-state index contributed by atoms with van der Waals surface area (Å²) in [4.78, 5) is 72.8. The Balaban J connectivity index is 1.13. The van der Waals surface area contributed by atoms with Crippen LogP contribution >= 0.6 is 0 Å². The minimum atomic E-state index is -2.64. The molecular weight excluding hydrogens is 1020 g/mol. The Morgan fingerprint density at radius 2 is 0.425 bits per heavy atom. The van der Waals surface area contributed by atoms with E-state index in [-0.39, 0.29) is 0 Å². The molecule has 416 valence electrons. The van der Waals surface area contributed by atoms with Gasteiger partial charge >= 0.3 is 35.8 Å². The molecule has 6 heterocycles. The molecule has 0 saturated carbocycles. The topological polar surface area (TPSA) is 609 Å². The Kier molecular flexibility index (Phi) is 18.3. The van der Waals surface area contributed by atoms with Gasteiger partial charge in [-0.2, -0.15) is 0 Å². The summed E-state index contributed by atoms with van der Waals surface area (Å²) in [5, 5.41) is 207. The molecule has 0 radical (unpaired) electrons. The molecule has 6 aliphatic heterocycles. The third-order valence-electron chi connectivity index (χ3n) is 12.2. The van der Waals surface area contributed by atoms with Gasteiger partial charge in [-0.05, 0) is 0 Å². The Morgan fingerprint density at radius 1 is 0.233 bits per heavy atom. The van der Waals surface area contributed by atoms with E-state index in [1.807, 2.05) is 0 Å². The zero-order chi connectivity index (χ0) is 54.6. The van der Waals surface area contributed by atoms with Crippen LogP contribution in [0.4, 0.5) is 0 Å². The van der Waals surface area contributed by atoms with Gasteiger partial charge < -0.3 is 154 Å². The highest BCUT2D eigenvalue weighted by Crippen LogP contribution is 2.37. The van der Waals surface area contributed by atoms with Crippen LogP contribution in [0.2, 0.25) is 0 Å². The Morgan fingerprint density at radius 3 is 0.658 bits per heavy atom. The molecule has 37 heteroatoms. The van der Waals surface area contributed by atoms with Crippen LogP contribution in [0.1, 0.15) is 0 Å². The van der Waals surface area contributed by atoms with Gasteiger partial charge in [0.25, 0.3) is 0 Å². The summed E-state index contributed by atoms with van der Waals surface area (Å²) in [6.45, 7) is 0. The third kappa shape index (κ3) is 11.5. The molecule has 30 atom stereocenters. The number of aliphatic carboxylic acids is 6. The van der Waals surface area contributed by atoms with E-state index in [9.17, 15) is 131 Å². The molecule has 20 N–H and O–H groups in total. The van der Waals surface area contributed by atoms with Gasteiger partial charge in [-0.1, -0.05) is 0 Å². The highest BCUT2D eigenvalue weighted by Gasteiger charge is 2.60. The number of aliphatic hydroxyl groups is 14. The molecule has 0 aromatic carbocycles.